The highest BCUT2D eigenvalue weighted by Gasteiger charge is 2.28. The Morgan fingerprint density at radius 2 is 2.07 bits per heavy atom. The van der Waals surface area contributed by atoms with E-state index < -0.39 is 11.8 Å². The summed E-state index contributed by atoms with van der Waals surface area (Å²) < 4.78 is 27.8. The summed E-state index contributed by atoms with van der Waals surface area (Å²) in [6.45, 7) is 3.65. The lowest BCUT2D eigenvalue weighted by Crippen LogP contribution is -2.36. The number of halogens is 1. The number of aromatic nitrogens is 3. The fraction of sp³-hybridized carbons (Fsp3) is 0.355. The molecule has 2 N–H and O–H groups in total. The molecule has 2 fully saturated rings. The van der Waals surface area contributed by atoms with Gasteiger partial charge in [-0.15, -0.1) is 0 Å². The third kappa shape index (κ3) is 6.05. The quantitative estimate of drug-likeness (QED) is 0.266. The van der Waals surface area contributed by atoms with Crippen LogP contribution in [-0.4, -0.2) is 62.4 Å². The van der Waals surface area contributed by atoms with E-state index in [1.165, 1.54) is 6.07 Å². The Balaban J connectivity index is 1.11. The summed E-state index contributed by atoms with van der Waals surface area (Å²) in [5, 5.41) is 21.9. The number of aromatic carboxylic acids is 1. The highest BCUT2D eigenvalue weighted by Crippen LogP contribution is 2.26. The molecule has 10 nitrogen and oxygen atoms in total. The Kier molecular flexibility index (Phi) is 7.99. The molecule has 216 valence electrons. The van der Waals surface area contributed by atoms with E-state index in [2.05, 4.69) is 19.8 Å². The van der Waals surface area contributed by atoms with Crippen molar-refractivity contribution >= 4 is 22.8 Å². The van der Waals surface area contributed by atoms with Crippen LogP contribution in [0.5, 0.6) is 5.88 Å². The summed E-state index contributed by atoms with van der Waals surface area (Å²) in [5.74, 6) is 0.496. The van der Waals surface area contributed by atoms with Crippen LogP contribution < -0.4 is 10.1 Å². The first-order valence-electron chi connectivity index (χ1n) is 14.1. The van der Waals surface area contributed by atoms with Crippen molar-refractivity contribution < 1.29 is 23.8 Å². The van der Waals surface area contributed by atoms with E-state index in [1.807, 2.05) is 18.2 Å². The smallest absolute Gasteiger partial charge is 0.335 e. The van der Waals surface area contributed by atoms with E-state index in [0.717, 1.165) is 49.3 Å². The van der Waals surface area contributed by atoms with Crippen molar-refractivity contribution in [2.45, 2.75) is 51.1 Å². The Bertz CT molecular complexity index is 1650. The molecule has 6 rings (SSSR count). The second-order valence-corrected chi connectivity index (χ2v) is 10.6. The summed E-state index contributed by atoms with van der Waals surface area (Å²) in [7, 11) is 0. The molecule has 0 amide bonds. The number of nitriles is 1. The molecule has 0 saturated carbocycles. The molecule has 11 heteroatoms. The van der Waals surface area contributed by atoms with Crippen LogP contribution in [0.4, 0.5) is 10.2 Å². The fourth-order valence-electron chi connectivity index (χ4n) is 5.48. The number of likely N-dealkylation sites (tertiary alicyclic amines) is 1. The monoisotopic (exact) mass is 570 g/mol. The summed E-state index contributed by atoms with van der Waals surface area (Å²) in [4.78, 5) is 23.4. The number of hydrogen-bond acceptors (Lipinski definition) is 8. The van der Waals surface area contributed by atoms with Gasteiger partial charge in [-0.05, 0) is 62.2 Å². The van der Waals surface area contributed by atoms with Gasteiger partial charge < -0.3 is 24.5 Å². The van der Waals surface area contributed by atoms with Gasteiger partial charge in [0.05, 0.1) is 47.4 Å². The lowest BCUT2D eigenvalue weighted by atomic mass is 10.1. The molecule has 42 heavy (non-hydrogen) atoms. The first-order chi connectivity index (χ1) is 20.5. The van der Waals surface area contributed by atoms with Gasteiger partial charge in [-0.1, -0.05) is 12.1 Å². The lowest BCUT2D eigenvalue weighted by molar-refractivity contribution is -0.0592. The Morgan fingerprint density at radius 1 is 1.19 bits per heavy atom. The zero-order valence-electron chi connectivity index (χ0n) is 23.0. The average molecular weight is 571 g/mol. The number of anilines is 1. The summed E-state index contributed by atoms with van der Waals surface area (Å²) in [6, 6.07) is 17.0. The molecule has 4 aromatic rings. The maximum atomic E-state index is 14.2. The van der Waals surface area contributed by atoms with Gasteiger partial charge in [0.2, 0.25) is 5.88 Å². The van der Waals surface area contributed by atoms with Gasteiger partial charge >= 0.3 is 5.97 Å². The molecule has 0 radical (unpaired) electrons. The van der Waals surface area contributed by atoms with Crippen LogP contribution in [0.3, 0.4) is 0 Å². The van der Waals surface area contributed by atoms with Gasteiger partial charge in [0.25, 0.3) is 0 Å². The molecule has 2 aliphatic rings. The molecule has 0 aliphatic carbocycles. The molecule has 4 heterocycles. The number of carbonyl (C=O) groups is 1. The van der Waals surface area contributed by atoms with Gasteiger partial charge in [-0.25, -0.2) is 14.2 Å². The topological polar surface area (TPSA) is 126 Å². The van der Waals surface area contributed by atoms with Crippen molar-refractivity contribution in [3.05, 3.63) is 82.9 Å². The van der Waals surface area contributed by atoms with Crippen molar-refractivity contribution in [3.8, 4) is 11.9 Å². The van der Waals surface area contributed by atoms with E-state index in [1.54, 1.807) is 36.4 Å². The van der Waals surface area contributed by atoms with Crippen LogP contribution in [0.2, 0.25) is 0 Å². The van der Waals surface area contributed by atoms with Gasteiger partial charge in [0.15, 0.2) is 0 Å². The van der Waals surface area contributed by atoms with Crippen LogP contribution in [0.25, 0.3) is 11.0 Å². The van der Waals surface area contributed by atoms with Crippen LogP contribution in [0.15, 0.2) is 54.6 Å². The SMILES string of the molecule is N#Cc1ccc(COc2cccc(NCC3CCCN3Cc3nc4ccc(C(=O)O)cc4n3CC3CCO3)n2)c(F)c1. The van der Waals surface area contributed by atoms with Crippen molar-refractivity contribution in [1.29, 1.82) is 5.26 Å². The van der Waals surface area contributed by atoms with Crippen LogP contribution in [-0.2, 0) is 24.4 Å². The first kappa shape index (κ1) is 27.6. The van der Waals surface area contributed by atoms with E-state index in [9.17, 15) is 14.3 Å². The number of nitrogens with one attached hydrogen (secondary N) is 1. The van der Waals surface area contributed by atoms with Crippen molar-refractivity contribution in [2.75, 3.05) is 25.0 Å². The second kappa shape index (κ2) is 12.1. The molecule has 2 aromatic heterocycles. The number of benzene rings is 2. The van der Waals surface area contributed by atoms with E-state index >= 15 is 0 Å². The standard InChI is InChI=1S/C31H31FN6O4/c32-25-13-20(15-33)6-7-22(25)19-42-30-5-1-4-28(36-30)34-16-23-3-2-11-37(23)18-29-35-26-9-8-21(31(39)40)14-27(26)38(29)17-24-10-12-41-24/h1,4-9,13-14,23-24H,2-3,10-12,16-19H2,(H,34,36)(H,39,40). The molecule has 2 aliphatic heterocycles. The maximum absolute atomic E-state index is 14.2. The van der Waals surface area contributed by atoms with Gasteiger partial charge in [-0.2, -0.15) is 10.2 Å². The molecule has 2 saturated heterocycles. The normalized spacial score (nSPS) is 18.5. The van der Waals surface area contributed by atoms with Gasteiger partial charge in [-0.3, -0.25) is 4.90 Å². The number of hydrogen-bond donors (Lipinski definition) is 2. The maximum Gasteiger partial charge on any atom is 0.335 e. The van der Waals surface area contributed by atoms with Crippen molar-refractivity contribution in [3.63, 3.8) is 0 Å². The minimum atomic E-state index is -0.957. The third-order valence-electron chi connectivity index (χ3n) is 7.90. The van der Waals surface area contributed by atoms with Crippen LogP contribution >= 0.6 is 0 Å². The van der Waals surface area contributed by atoms with E-state index in [-0.39, 0.29) is 29.9 Å². The largest absolute Gasteiger partial charge is 0.478 e. The third-order valence-corrected chi connectivity index (χ3v) is 7.90. The summed E-state index contributed by atoms with van der Waals surface area (Å²) in [6.07, 6.45) is 3.18. The number of carboxylic acids is 1. The van der Waals surface area contributed by atoms with Gasteiger partial charge in [0, 0.05) is 30.8 Å². The second-order valence-electron chi connectivity index (χ2n) is 10.6. The average Bonchev–Trinajstić information content (AvgIpc) is 3.56. The number of carboxylic acid groups (broad SMARTS) is 1. The fourth-order valence-corrected chi connectivity index (χ4v) is 5.48. The van der Waals surface area contributed by atoms with E-state index in [0.29, 0.717) is 36.9 Å². The number of fused-ring (bicyclic) bond motifs is 1. The molecular formula is C31H31FN6O4. The predicted octanol–water partition coefficient (Wildman–Crippen LogP) is 4.58. The zero-order valence-corrected chi connectivity index (χ0v) is 23.0. The zero-order chi connectivity index (χ0) is 29.1. The highest BCUT2D eigenvalue weighted by molar-refractivity contribution is 5.92. The van der Waals surface area contributed by atoms with E-state index in [4.69, 9.17) is 19.7 Å². The lowest BCUT2D eigenvalue weighted by Gasteiger charge is -2.29. The number of rotatable bonds is 11. The Labute approximate surface area is 242 Å². The van der Waals surface area contributed by atoms with Crippen LogP contribution in [0, 0.1) is 17.1 Å². The molecular weight excluding hydrogens is 539 g/mol. The highest BCUT2D eigenvalue weighted by atomic mass is 19.1. The molecule has 0 spiro atoms. The number of nitrogens with zero attached hydrogens (tertiary/aromatic N) is 5. The molecule has 2 aromatic carbocycles. The number of pyridine rings is 1. The minimum absolute atomic E-state index is 0.00521. The van der Waals surface area contributed by atoms with Crippen molar-refractivity contribution in [1.82, 2.24) is 19.4 Å². The molecule has 0 bridgehead atoms. The molecule has 2 atom stereocenters. The minimum Gasteiger partial charge on any atom is -0.478 e. The first-order valence-corrected chi connectivity index (χ1v) is 14.1. The predicted molar refractivity (Wildman–Crippen MR) is 153 cm³/mol. The summed E-state index contributed by atoms with van der Waals surface area (Å²) >= 11 is 0. The van der Waals surface area contributed by atoms with Gasteiger partial charge in [0.1, 0.15) is 24.1 Å². The molecule has 2 unspecified atom stereocenters. The summed E-state index contributed by atoms with van der Waals surface area (Å²) in [5.41, 5.74) is 2.46. The Hall–Kier alpha value is -4.53. The number of imidazole rings is 1. The number of ether oxygens (including phenoxy) is 2. The Morgan fingerprint density at radius 3 is 2.83 bits per heavy atom. The van der Waals surface area contributed by atoms with Crippen molar-refractivity contribution in [2.24, 2.45) is 0 Å². The van der Waals surface area contributed by atoms with Crippen LogP contribution in [0.1, 0.15) is 46.6 Å².